The monoisotopic (exact) mass is 350 g/mol. The molecule has 0 radical (unpaired) electrons. The van der Waals surface area contributed by atoms with Crippen molar-refractivity contribution in [2.45, 2.75) is 12.5 Å². The largest absolute Gasteiger partial charge is 0.463 e. The Morgan fingerprint density at radius 3 is 2.69 bits per heavy atom. The van der Waals surface area contributed by atoms with E-state index in [-0.39, 0.29) is 24.5 Å². The second kappa shape index (κ2) is 5.80. The van der Waals surface area contributed by atoms with E-state index in [1.807, 2.05) is 24.3 Å². The normalized spacial score (nSPS) is 18.2. The molecule has 0 bridgehead atoms. The van der Waals surface area contributed by atoms with Crippen molar-refractivity contribution in [1.82, 2.24) is 5.01 Å². The van der Waals surface area contributed by atoms with E-state index in [4.69, 9.17) is 18.3 Å². The molecule has 0 aliphatic carbocycles. The lowest BCUT2D eigenvalue weighted by molar-refractivity contribution is 0.0678. The standard InChI is InChI=1S/C19H14N2O5/c22-19(17-4-2-8-24-17)21-14(10-13(20-21)15-3-1-7-23-15)12-5-6-16-18(9-12)26-11-25-16/h1-9,14H,10-11H2/t14-/m1/s1. The smallest absolute Gasteiger partial charge is 0.310 e. The molecule has 0 saturated heterocycles. The van der Waals surface area contributed by atoms with Gasteiger partial charge in [-0.15, -0.1) is 0 Å². The van der Waals surface area contributed by atoms with Gasteiger partial charge >= 0.3 is 5.91 Å². The summed E-state index contributed by atoms with van der Waals surface area (Å²) < 4.78 is 21.6. The van der Waals surface area contributed by atoms with Crippen LogP contribution in [0.4, 0.5) is 0 Å². The van der Waals surface area contributed by atoms with Crippen molar-refractivity contribution in [3.8, 4) is 11.5 Å². The highest BCUT2D eigenvalue weighted by molar-refractivity contribution is 6.02. The number of nitrogens with zero attached hydrogens (tertiary/aromatic N) is 2. The summed E-state index contributed by atoms with van der Waals surface area (Å²) in [6.45, 7) is 0.201. The van der Waals surface area contributed by atoms with Crippen molar-refractivity contribution in [1.29, 1.82) is 0 Å². The molecule has 2 aromatic heterocycles. The summed E-state index contributed by atoms with van der Waals surface area (Å²) >= 11 is 0. The van der Waals surface area contributed by atoms with Gasteiger partial charge in [0.05, 0.1) is 18.6 Å². The lowest BCUT2D eigenvalue weighted by atomic mass is 10.00. The SMILES string of the molecule is O=C(c1ccco1)N1N=C(c2ccco2)C[C@@H]1c1ccc2c(c1)OCO2. The highest BCUT2D eigenvalue weighted by atomic mass is 16.7. The number of hydrazone groups is 1. The maximum absolute atomic E-state index is 12.9. The molecule has 2 aliphatic heterocycles. The highest BCUT2D eigenvalue weighted by Gasteiger charge is 2.36. The van der Waals surface area contributed by atoms with E-state index in [0.29, 0.717) is 29.4 Å². The molecule has 0 N–H and O–H groups in total. The summed E-state index contributed by atoms with van der Waals surface area (Å²) in [5.74, 6) is 1.94. The Balaban J connectivity index is 1.53. The van der Waals surface area contributed by atoms with Crippen LogP contribution >= 0.6 is 0 Å². The molecule has 4 heterocycles. The van der Waals surface area contributed by atoms with Crippen LogP contribution in [0.1, 0.15) is 34.3 Å². The van der Waals surface area contributed by atoms with Gasteiger partial charge in [-0.05, 0) is 42.0 Å². The van der Waals surface area contributed by atoms with E-state index in [1.165, 1.54) is 11.3 Å². The first-order valence-electron chi connectivity index (χ1n) is 8.17. The number of carbonyl (C=O) groups is 1. The van der Waals surface area contributed by atoms with Gasteiger partial charge in [-0.3, -0.25) is 4.79 Å². The van der Waals surface area contributed by atoms with Crippen LogP contribution < -0.4 is 9.47 Å². The van der Waals surface area contributed by atoms with Gasteiger partial charge in [0.2, 0.25) is 6.79 Å². The molecule has 7 nitrogen and oxygen atoms in total. The van der Waals surface area contributed by atoms with E-state index in [2.05, 4.69) is 5.10 Å². The highest BCUT2D eigenvalue weighted by Crippen LogP contribution is 2.39. The van der Waals surface area contributed by atoms with E-state index in [0.717, 1.165) is 5.56 Å². The molecule has 0 spiro atoms. The maximum Gasteiger partial charge on any atom is 0.310 e. The van der Waals surface area contributed by atoms with Gasteiger partial charge in [0, 0.05) is 6.42 Å². The fourth-order valence-corrected chi connectivity index (χ4v) is 3.18. The first-order chi connectivity index (χ1) is 12.8. The second-order valence-electron chi connectivity index (χ2n) is 5.98. The van der Waals surface area contributed by atoms with Crippen LogP contribution in [-0.4, -0.2) is 23.4 Å². The zero-order valence-corrected chi connectivity index (χ0v) is 13.6. The van der Waals surface area contributed by atoms with Crippen LogP contribution in [0, 0.1) is 0 Å². The Kier molecular flexibility index (Phi) is 3.31. The number of hydrogen-bond acceptors (Lipinski definition) is 6. The molecule has 1 atom stereocenters. The van der Waals surface area contributed by atoms with Crippen LogP contribution in [0.15, 0.2) is 68.9 Å². The van der Waals surface area contributed by atoms with Gasteiger partial charge in [-0.2, -0.15) is 5.10 Å². The van der Waals surface area contributed by atoms with Crippen LogP contribution in [-0.2, 0) is 0 Å². The van der Waals surface area contributed by atoms with E-state index >= 15 is 0 Å². The average molecular weight is 350 g/mol. The molecule has 0 fully saturated rings. The predicted octanol–water partition coefficient (Wildman–Crippen LogP) is 3.59. The molecule has 1 aromatic carbocycles. The fourth-order valence-electron chi connectivity index (χ4n) is 3.18. The summed E-state index contributed by atoms with van der Waals surface area (Å²) in [6, 6.07) is 12.3. The van der Waals surface area contributed by atoms with Crippen molar-refractivity contribution in [2.75, 3.05) is 6.79 Å². The third kappa shape index (κ3) is 2.36. The number of amides is 1. The summed E-state index contributed by atoms with van der Waals surface area (Å²) in [5.41, 5.74) is 1.61. The van der Waals surface area contributed by atoms with Crippen molar-refractivity contribution in [3.05, 3.63) is 72.1 Å². The molecule has 26 heavy (non-hydrogen) atoms. The third-order valence-corrected chi connectivity index (χ3v) is 4.44. The summed E-state index contributed by atoms with van der Waals surface area (Å²) in [6.07, 6.45) is 3.58. The Hall–Kier alpha value is -3.48. The van der Waals surface area contributed by atoms with Gasteiger partial charge in [0.1, 0.15) is 11.5 Å². The predicted molar refractivity (Wildman–Crippen MR) is 90.0 cm³/mol. The lowest BCUT2D eigenvalue weighted by Crippen LogP contribution is -2.26. The van der Waals surface area contributed by atoms with Gasteiger partial charge < -0.3 is 18.3 Å². The zero-order chi connectivity index (χ0) is 17.5. The average Bonchev–Trinajstić information content (AvgIpc) is 3.47. The minimum Gasteiger partial charge on any atom is -0.463 e. The Bertz CT molecular complexity index is 976. The van der Waals surface area contributed by atoms with Gasteiger partial charge in [0.25, 0.3) is 0 Å². The molecular weight excluding hydrogens is 336 g/mol. The number of fused-ring (bicyclic) bond motifs is 1. The van der Waals surface area contributed by atoms with E-state index in [1.54, 1.807) is 24.5 Å². The van der Waals surface area contributed by atoms with Crippen LogP contribution in [0.2, 0.25) is 0 Å². The number of ether oxygens (including phenoxy) is 2. The van der Waals surface area contributed by atoms with Crippen LogP contribution in [0.25, 0.3) is 0 Å². The molecule has 7 heteroatoms. The molecule has 0 unspecified atom stereocenters. The number of carbonyl (C=O) groups excluding carboxylic acids is 1. The minimum absolute atomic E-state index is 0.201. The second-order valence-corrected chi connectivity index (χ2v) is 5.98. The minimum atomic E-state index is -0.306. The topological polar surface area (TPSA) is 77.4 Å². The lowest BCUT2D eigenvalue weighted by Gasteiger charge is -2.21. The van der Waals surface area contributed by atoms with Gasteiger partial charge in [-0.1, -0.05) is 6.07 Å². The molecule has 0 saturated carbocycles. The summed E-state index contributed by atoms with van der Waals surface area (Å²) in [5, 5.41) is 5.95. The Morgan fingerprint density at radius 1 is 1.04 bits per heavy atom. The van der Waals surface area contributed by atoms with Crippen molar-refractivity contribution in [3.63, 3.8) is 0 Å². The maximum atomic E-state index is 12.9. The Morgan fingerprint density at radius 2 is 1.88 bits per heavy atom. The Labute approximate surface area is 148 Å². The molecule has 130 valence electrons. The van der Waals surface area contributed by atoms with Crippen molar-refractivity contribution < 1.29 is 23.1 Å². The van der Waals surface area contributed by atoms with Crippen LogP contribution in [0.5, 0.6) is 11.5 Å². The summed E-state index contributed by atoms with van der Waals surface area (Å²) in [4.78, 5) is 12.9. The van der Waals surface area contributed by atoms with E-state index < -0.39 is 0 Å². The zero-order valence-electron chi connectivity index (χ0n) is 13.6. The first-order valence-corrected chi connectivity index (χ1v) is 8.17. The third-order valence-electron chi connectivity index (χ3n) is 4.44. The quantitative estimate of drug-likeness (QED) is 0.721. The number of furan rings is 2. The number of benzene rings is 1. The van der Waals surface area contributed by atoms with Crippen molar-refractivity contribution in [2.24, 2.45) is 5.10 Å². The molecule has 5 rings (SSSR count). The molecule has 3 aromatic rings. The van der Waals surface area contributed by atoms with E-state index in [9.17, 15) is 4.79 Å². The fraction of sp³-hybridized carbons (Fsp3) is 0.158. The number of rotatable bonds is 3. The number of hydrogen-bond donors (Lipinski definition) is 0. The molecule has 2 aliphatic rings. The van der Waals surface area contributed by atoms with Gasteiger partial charge in [-0.25, -0.2) is 5.01 Å². The molecule has 1 amide bonds. The first kappa shape index (κ1) is 14.8. The van der Waals surface area contributed by atoms with Gasteiger partial charge in [0.15, 0.2) is 17.3 Å². The van der Waals surface area contributed by atoms with Crippen molar-refractivity contribution >= 4 is 11.6 Å². The van der Waals surface area contributed by atoms with Crippen LogP contribution in [0.3, 0.4) is 0 Å². The summed E-state index contributed by atoms with van der Waals surface area (Å²) in [7, 11) is 0. The molecular formula is C19H14N2O5.